The fourth-order valence-electron chi connectivity index (χ4n) is 2.16. The lowest BCUT2D eigenvalue weighted by Crippen LogP contribution is -2.45. The summed E-state index contributed by atoms with van der Waals surface area (Å²) in [5.41, 5.74) is -0.627. The third kappa shape index (κ3) is 3.06. The molecule has 0 amide bonds. The molecule has 1 saturated heterocycles. The second-order valence-electron chi connectivity index (χ2n) is 4.84. The van der Waals surface area contributed by atoms with Crippen LogP contribution in [0.3, 0.4) is 0 Å². The minimum Gasteiger partial charge on any atom is -0.388 e. The number of aryl methyl sites for hydroxylation is 1. The van der Waals surface area contributed by atoms with E-state index in [0.717, 1.165) is 5.82 Å². The normalized spacial score (nSPS) is 21.4. The zero-order valence-electron chi connectivity index (χ0n) is 10.5. The van der Waals surface area contributed by atoms with Crippen molar-refractivity contribution in [2.45, 2.75) is 31.4 Å². The van der Waals surface area contributed by atoms with Crippen LogP contribution in [0.2, 0.25) is 0 Å². The van der Waals surface area contributed by atoms with Crippen LogP contribution in [0.5, 0.6) is 0 Å². The number of imidazole rings is 1. The van der Waals surface area contributed by atoms with E-state index in [1.54, 1.807) is 6.20 Å². The van der Waals surface area contributed by atoms with Crippen molar-refractivity contribution in [3.05, 3.63) is 18.2 Å². The number of aromatic nitrogens is 2. The highest BCUT2D eigenvalue weighted by Crippen LogP contribution is 2.20. The average molecular weight is 239 g/mol. The van der Waals surface area contributed by atoms with E-state index >= 15 is 0 Å². The second-order valence-corrected chi connectivity index (χ2v) is 4.84. The maximum absolute atomic E-state index is 10.3. The number of rotatable bonds is 4. The molecule has 0 bridgehead atoms. The summed E-state index contributed by atoms with van der Waals surface area (Å²) < 4.78 is 7.25. The zero-order chi connectivity index (χ0) is 12.3. The van der Waals surface area contributed by atoms with Gasteiger partial charge < -0.3 is 19.7 Å². The molecule has 2 rings (SSSR count). The Morgan fingerprint density at radius 2 is 2.29 bits per heavy atom. The Morgan fingerprint density at radius 1 is 1.59 bits per heavy atom. The molecule has 1 fully saturated rings. The fraction of sp³-hybridized carbons (Fsp3) is 0.750. The molecule has 1 atom stereocenters. The van der Waals surface area contributed by atoms with Crippen LogP contribution in [0.25, 0.3) is 0 Å². The SMILES string of the molecule is CC(NCC1(O)CCOCC1)c1nccn1C. The molecule has 17 heavy (non-hydrogen) atoms. The number of ether oxygens (including phenoxy) is 1. The number of hydrogen-bond donors (Lipinski definition) is 2. The lowest BCUT2D eigenvalue weighted by Gasteiger charge is -2.33. The smallest absolute Gasteiger partial charge is 0.125 e. The maximum Gasteiger partial charge on any atom is 0.125 e. The highest BCUT2D eigenvalue weighted by atomic mass is 16.5. The first-order chi connectivity index (χ1) is 8.11. The average Bonchev–Trinajstić information content (AvgIpc) is 2.74. The van der Waals surface area contributed by atoms with Gasteiger partial charge in [0.25, 0.3) is 0 Å². The molecule has 0 spiro atoms. The van der Waals surface area contributed by atoms with Crippen molar-refractivity contribution in [2.24, 2.45) is 7.05 Å². The minimum atomic E-state index is -0.627. The van der Waals surface area contributed by atoms with E-state index < -0.39 is 5.60 Å². The van der Waals surface area contributed by atoms with Crippen molar-refractivity contribution in [1.29, 1.82) is 0 Å². The summed E-state index contributed by atoms with van der Waals surface area (Å²) in [5.74, 6) is 0.987. The van der Waals surface area contributed by atoms with Gasteiger partial charge in [-0.05, 0) is 6.92 Å². The van der Waals surface area contributed by atoms with Crippen LogP contribution in [0.15, 0.2) is 12.4 Å². The summed E-state index contributed by atoms with van der Waals surface area (Å²) >= 11 is 0. The molecular formula is C12H21N3O2. The highest BCUT2D eigenvalue weighted by Gasteiger charge is 2.30. The molecule has 0 aliphatic carbocycles. The van der Waals surface area contributed by atoms with Gasteiger partial charge in [0.05, 0.1) is 11.6 Å². The lowest BCUT2D eigenvalue weighted by molar-refractivity contribution is -0.0627. The predicted molar refractivity (Wildman–Crippen MR) is 64.6 cm³/mol. The standard InChI is InChI=1S/C12H21N3O2/c1-10(11-13-5-6-15(11)2)14-9-12(16)3-7-17-8-4-12/h5-6,10,14,16H,3-4,7-9H2,1-2H3. The summed E-state index contributed by atoms with van der Waals surface area (Å²) in [4.78, 5) is 4.30. The van der Waals surface area contributed by atoms with Crippen molar-refractivity contribution in [3.63, 3.8) is 0 Å². The zero-order valence-corrected chi connectivity index (χ0v) is 10.5. The van der Waals surface area contributed by atoms with Crippen LogP contribution < -0.4 is 5.32 Å². The summed E-state index contributed by atoms with van der Waals surface area (Å²) in [6.07, 6.45) is 5.12. The Kier molecular flexibility index (Phi) is 3.81. The third-order valence-corrected chi connectivity index (χ3v) is 3.41. The van der Waals surface area contributed by atoms with E-state index in [0.29, 0.717) is 32.6 Å². The van der Waals surface area contributed by atoms with Gasteiger partial charge in [-0.15, -0.1) is 0 Å². The van der Waals surface area contributed by atoms with Crippen LogP contribution >= 0.6 is 0 Å². The van der Waals surface area contributed by atoms with Crippen LogP contribution in [0, 0.1) is 0 Å². The number of nitrogens with one attached hydrogen (secondary N) is 1. The predicted octanol–water partition coefficient (Wildman–Crippen LogP) is 0.612. The van der Waals surface area contributed by atoms with Gasteiger partial charge in [-0.1, -0.05) is 0 Å². The lowest BCUT2D eigenvalue weighted by atomic mass is 9.94. The van der Waals surface area contributed by atoms with Gasteiger partial charge in [0.1, 0.15) is 5.82 Å². The first-order valence-corrected chi connectivity index (χ1v) is 6.11. The van der Waals surface area contributed by atoms with Crippen molar-refractivity contribution in [3.8, 4) is 0 Å². The van der Waals surface area contributed by atoms with Crippen molar-refractivity contribution in [2.75, 3.05) is 19.8 Å². The van der Waals surface area contributed by atoms with Crippen molar-refractivity contribution < 1.29 is 9.84 Å². The van der Waals surface area contributed by atoms with E-state index in [1.165, 1.54) is 0 Å². The Hall–Kier alpha value is -0.910. The van der Waals surface area contributed by atoms with Gasteiger partial charge in [0.2, 0.25) is 0 Å². The Morgan fingerprint density at radius 3 is 2.88 bits per heavy atom. The van der Waals surface area contributed by atoms with Crippen LogP contribution in [-0.4, -0.2) is 40.0 Å². The van der Waals surface area contributed by atoms with Gasteiger partial charge in [0.15, 0.2) is 0 Å². The van der Waals surface area contributed by atoms with Crippen molar-refractivity contribution >= 4 is 0 Å². The van der Waals surface area contributed by atoms with E-state index in [1.807, 2.05) is 17.8 Å². The molecule has 2 heterocycles. The van der Waals surface area contributed by atoms with Crippen LogP contribution in [0.1, 0.15) is 31.6 Å². The minimum absolute atomic E-state index is 0.141. The molecule has 2 N–H and O–H groups in total. The molecule has 1 aromatic rings. The number of aliphatic hydroxyl groups is 1. The first kappa shape index (κ1) is 12.5. The third-order valence-electron chi connectivity index (χ3n) is 3.41. The Balaban J connectivity index is 1.87. The van der Waals surface area contributed by atoms with Gasteiger partial charge in [-0.2, -0.15) is 0 Å². The quantitative estimate of drug-likeness (QED) is 0.808. The molecule has 0 radical (unpaired) electrons. The molecule has 96 valence electrons. The molecule has 0 aromatic carbocycles. The van der Waals surface area contributed by atoms with Crippen molar-refractivity contribution in [1.82, 2.24) is 14.9 Å². The topological polar surface area (TPSA) is 59.3 Å². The molecule has 5 heteroatoms. The monoisotopic (exact) mass is 239 g/mol. The fourth-order valence-corrected chi connectivity index (χ4v) is 2.16. The van der Waals surface area contributed by atoms with E-state index in [-0.39, 0.29) is 6.04 Å². The molecule has 1 aliphatic rings. The maximum atomic E-state index is 10.3. The van der Waals surface area contributed by atoms with E-state index in [9.17, 15) is 5.11 Å². The molecular weight excluding hydrogens is 218 g/mol. The van der Waals surface area contributed by atoms with E-state index in [4.69, 9.17) is 4.74 Å². The van der Waals surface area contributed by atoms with E-state index in [2.05, 4.69) is 17.2 Å². The summed E-state index contributed by atoms with van der Waals surface area (Å²) in [7, 11) is 1.98. The molecule has 5 nitrogen and oxygen atoms in total. The van der Waals surface area contributed by atoms with Gasteiger partial charge >= 0.3 is 0 Å². The largest absolute Gasteiger partial charge is 0.388 e. The number of hydrogen-bond acceptors (Lipinski definition) is 4. The molecule has 1 aromatic heterocycles. The van der Waals surface area contributed by atoms with Crippen LogP contribution in [-0.2, 0) is 11.8 Å². The molecule has 0 saturated carbocycles. The first-order valence-electron chi connectivity index (χ1n) is 6.11. The Labute approximate surface area is 102 Å². The van der Waals surface area contributed by atoms with Gasteiger partial charge in [-0.25, -0.2) is 4.98 Å². The number of nitrogens with zero attached hydrogens (tertiary/aromatic N) is 2. The van der Waals surface area contributed by atoms with Gasteiger partial charge in [-0.3, -0.25) is 0 Å². The van der Waals surface area contributed by atoms with Gasteiger partial charge in [0, 0.05) is 52.0 Å². The molecule has 1 aliphatic heterocycles. The van der Waals surface area contributed by atoms with Crippen LogP contribution in [0.4, 0.5) is 0 Å². The summed E-state index contributed by atoms with van der Waals surface area (Å²) in [5, 5.41) is 13.7. The Bertz CT molecular complexity index is 358. The second kappa shape index (κ2) is 5.16. The summed E-state index contributed by atoms with van der Waals surface area (Å²) in [6, 6.07) is 0.141. The molecule has 1 unspecified atom stereocenters. The highest BCUT2D eigenvalue weighted by molar-refractivity contribution is 4.98. The summed E-state index contributed by atoms with van der Waals surface area (Å²) in [6.45, 7) is 3.94.